The van der Waals surface area contributed by atoms with Gasteiger partial charge in [0.2, 0.25) is 17.6 Å². The highest BCUT2D eigenvalue weighted by molar-refractivity contribution is 7.09. The first-order valence-corrected chi connectivity index (χ1v) is 9.49. The topological polar surface area (TPSA) is 71.3 Å². The molecular formula is C18H19ClN4O2S. The standard InChI is InChI=1S/C18H19ClN4O2S/c1-2-23(11-16(24)20-10-15-4-3-9-26-15)12-17-21-18(22-25-17)13-5-7-14(19)8-6-13/h3-9H,2,10-12H2,1H3,(H,20,24). The van der Waals surface area contributed by atoms with Crippen LogP contribution in [0.3, 0.4) is 0 Å². The molecule has 3 aromatic rings. The molecule has 136 valence electrons. The molecule has 0 bridgehead atoms. The molecule has 2 heterocycles. The molecule has 8 heteroatoms. The van der Waals surface area contributed by atoms with Gasteiger partial charge in [-0.1, -0.05) is 29.7 Å². The summed E-state index contributed by atoms with van der Waals surface area (Å²) in [6.45, 7) is 3.94. The number of aromatic nitrogens is 2. The van der Waals surface area contributed by atoms with Crippen LogP contribution in [0, 0.1) is 0 Å². The van der Waals surface area contributed by atoms with Crippen LogP contribution in [0.5, 0.6) is 0 Å². The maximum absolute atomic E-state index is 12.1. The molecule has 26 heavy (non-hydrogen) atoms. The van der Waals surface area contributed by atoms with Crippen LogP contribution >= 0.6 is 22.9 Å². The SMILES string of the molecule is CCN(CC(=O)NCc1cccs1)Cc1nc(-c2ccc(Cl)cc2)no1. The van der Waals surface area contributed by atoms with Crippen molar-refractivity contribution in [2.45, 2.75) is 20.0 Å². The molecule has 1 amide bonds. The number of hydrogen-bond acceptors (Lipinski definition) is 6. The van der Waals surface area contributed by atoms with Gasteiger partial charge < -0.3 is 9.84 Å². The number of rotatable bonds is 8. The molecule has 0 aliphatic carbocycles. The van der Waals surface area contributed by atoms with Crippen LogP contribution < -0.4 is 5.32 Å². The third kappa shape index (κ3) is 5.14. The van der Waals surface area contributed by atoms with E-state index in [1.165, 1.54) is 0 Å². The molecule has 0 atom stereocenters. The normalized spacial score (nSPS) is 11.0. The van der Waals surface area contributed by atoms with E-state index in [0.29, 0.717) is 36.4 Å². The molecule has 0 saturated heterocycles. The van der Waals surface area contributed by atoms with E-state index in [9.17, 15) is 4.79 Å². The lowest BCUT2D eigenvalue weighted by Crippen LogP contribution is -2.36. The van der Waals surface area contributed by atoms with Crippen LogP contribution in [0.1, 0.15) is 17.7 Å². The average Bonchev–Trinajstić information content (AvgIpc) is 3.32. The fourth-order valence-corrected chi connectivity index (χ4v) is 3.13. The smallest absolute Gasteiger partial charge is 0.241 e. The van der Waals surface area contributed by atoms with Crippen molar-refractivity contribution in [3.63, 3.8) is 0 Å². The van der Waals surface area contributed by atoms with Crippen LogP contribution in [0.4, 0.5) is 0 Å². The first-order valence-electron chi connectivity index (χ1n) is 8.24. The number of hydrogen-bond donors (Lipinski definition) is 1. The number of thiophene rings is 1. The Kier molecular flexibility index (Phi) is 6.38. The second-order valence-electron chi connectivity index (χ2n) is 5.68. The summed E-state index contributed by atoms with van der Waals surface area (Å²) in [5.74, 6) is 0.954. The van der Waals surface area contributed by atoms with Crippen molar-refractivity contribution in [2.75, 3.05) is 13.1 Å². The molecule has 0 fully saturated rings. The highest BCUT2D eigenvalue weighted by atomic mass is 35.5. The van der Waals surface area contributed by atoms with Crippen molar-refractivity contribution in [2.24, 2.45) is 0 Å². The van der Waals surface area contributed by atoms with Gasteiger partial charge in [0.25, 0.3) is 0 Å². The monoisotopic (exact) mass is 390 g/mol. The van der Waals surface area contributed by atoms with Crippen molar-refractivity contribution < 1.29 is 9.32 Å². The molecule has 6 nitrogen and oxygen atoms in total. The fraction of sp³-hybridized carbons (Fsp3) is 0.278. The average molecular weight is 391 g/mol. The number of nitrogens with zero attached hydrogens (tertiary/aromatic N) is 3. The van der Waals surface area contributed by atoms with Gasteiger partial charge in [-0.2, -0.15) is 4.98 Å². The Bertz CT molecular complexity index is 833. The maximum Gasteiger partial charge on any atom is 0.241 e. The van der Waals surface area contributed by atoms with Gasteiger partial charge in [-0.25, -0.2) is 0 Å². The van der Waals surface area contributed by atoms with Gasteiger partial charge in [0, 0.05) is 15.5 Å². The summed E-state index contributed by atoms with van der Waals surface area (Å²) in [7, 11) is 0. The third-order valence-corrected chi connectivity index (χ3v) is 4.91. The van der Waals surface area contributed by atoms with Gasteiger partial charge in [0.15, 0.2) is 0 Å². The van der Waals surface area contributed by atoms with Gasteiger partial charge in [0.05, 0.1) is 19.6 Å². The zero-order valence-electron chi connectivity index (χ0n) is 14.3. The minimum absolute atomic E-state index is 0.0299. The first-order chi connectivity index (χ1) is 12.6. The van der Waals surface area contributed by atoms with E-state index in [1.54, 1.807) is 23.5 Å². The fourth-order valence-electron chi connectivity index (χ4n) is 2.36. The second-order valence-corrected chi connectivity index (χ2v) is 7.15. The van der Waals surface area contributed by atoms with Crippen molar-refractivity contribution >= 4 is 28.8 Å². The van der Waals surface area contributed by atoms with E-state index < -0.39 is 0 Å². The van der Waals surface area contributed by atoms with Crippen LogP contribution in [0.15, 0.2) is 46.3 Å². The van der Waals surface area contributed by atoms with Crippen molar-refractivity contribution in [1.82, 2.24) is 20.4 Å². The Morgan fingerprint density at radius 3 is 2.81 bits per heavy atom. The van der Waals surface area contributed by atoms with E-state index in [2.05, 4.69) is 15.5 Å². The van der Waals surface area contributed by atoms with Crippen LogP contribution in [0.25, 0.3) is 11.4 Å². The van der Waals surface area contributed by atoms with Gasteiger partial charge in [0.1, 0.15) is 0 Å². The molecule has 0 saturated carbocycles. The Hall–Kier alpha value is -2.22. The van der Waals surface area contributed by atoms with E-state index in [0.717, 1.165) is 10.4 Å². The minimum Gasteiger partial charge on any atom is -0.350 e. The number of carbonyl (C=O) groups is 1. The van der Waals surface area contributed by atoms with E-state index >= 15 is 0 Å². The molecule has 2 aromatic heterocycles. The molecule has 3 rings (SSSR count). The van der Waals surface area contributed by atoms with Crippen LogP contribution in [-0.2, 0) is 17.9 Å². The Balaban J connectivity index is 1.54. The van der Waals surface area contributed by atoms with Crippen LogP contribution in [-0.4, -0.2) is 34.0 Å². The molecular weight excluding hydrogens is 372 g/mol. The van der Waals surface area contributed by atoms with E-state index in [-0.39, 0.29) is 12.5 Å². The highest BCUT2D eigenvalue weighted by Crippen LogP contribution is 2.19. The van der Waals surface area contributed by atoms with Crippen molar-refractivity contribution in [3.05, 3.63) is 57.6 Å². The lowest BCUT2D eigenvalue weighted by atomic mass is 10.2. The molecule has 0 unspecified atom stereocenters. The quantitative estimate of drug-likeness (QED) is 0.636. The minimum atomic E-state index is -0.0299. The first kappa shape index (κ1) is 18.6. The molecule has 0 aliphatic rings. The second kappa shape index (κ2) is 8.93. The number of nitrogens with one attached hydrogen (secondary N) is 1. The predicted molar refractivity (Wildman–Crippen MR) is 102 cm³/mol. The zero-order valence-corrected chi connectivity index (χ0v) is 15.9. The van der Waals surface area contributed by atoms with E-state index in [1.807, 2.05) is 41.5 Å². The summed E-state index contributed by atoms with van der Waals surface area (Å²) in [4.78, 5) is 19.6. The third-order valence-electron chi connectivity index (χ3n) is 3.78. The Morgan fingerprint density at radius 1 is 1.31 bits per heavy atom. The van der Waals surface area contributed by atoms with Crippen molar-refractivity contribution in [1.29, 1.82) is 0 Å². The van der Waals surface area contributed by atoms with Gasteiger partial charge >= 0.3 is 0 Å². The number of carbonyl (C=O) groups excluding carboxylic acids is 1. The lowest BCUT2D eigenvalue weighted by molar-refractivity contribution is -0.122. The van der Waals surface area contributed by atoms with Gasteiger partial charge in [-0.15, -0.1) is 11.3 Å². The highest BCUT2D eigenvalue weighted by Gasteiger charge is 2.15. The summed E-state index contributed by atoms with van der Waals surface area (Å²) in [6.07, 6.45) is 0. The number of halogens is 1. The lowest BCUT2D eigenvalue weighted by Gasteiger charge is -2.17. The molecule has 1 N–H and O–H groups in total. The predicted octanol–water partition coefficient (Wildman–Crippen LogP) is 3.59. The van der Waals surface area contributed by atoms with Crippen molar-refractivity contribution in [3.8, 4) is 11.4 Å². The van der Waals surface area contributed by atoms with E-state index in [4.69, 9.17) is 16.1 Å². The molecule has 0 radical (unpaired) electrons. The largest absolute Gasteiger partial charge is 0.350 e. The summed E-state index contributed by atoms with van der Waals surface area (Å²) >= 11 is 7.51. The molecule has 0 spiro atoms. The number of likely N-dealkylation sites (N-methyl/N-ethyl adjacent to an activating group) is 1. The number of amides is 1. The number of benzene rings is 1. The Labute approximate surface area is 160 Å². The Morgan fingerprint density at radius 2 is 2.12 bits per heavy atom. The zero-order chi connectivity index (χ0) is 18.4. The maximum atomic E-state index is 12.1. The van der Waals surface area contributed by atoms with Gasteiger partial charge in [-0.05, 0) is 42.3 Å². The molecule has 1 aromatic carbocycles. The summed E-state index contributed by atoms with van der Waals surface area (Å²) in [5.41, 5.74) is 0.834. The van der Waals surface area contributed by atoms with Crippen LogP contribution in [0.2, 0.25) is 5.02 Å². The molecule has 0 aliphatic heterocycles. The summed E-state index contributed by atoms with van der Waals surface area (Å²) < 4.78 is 5.32. The summed E-state index contributed by atoms with van der Waals surface area (Å²) in [6, 6.07) is 11.2. The summed E-state index contributed by atoms with van der Waals surface area (Å²) in [5, 5.41) is 9.57. The van der Waals surface area contributed by atoms with Gasteiger partial charge in [-0.3, -0.25) is 9.69 Å².